The van der Waals surface area contributed by atoms with E-state index in [9.17, 15) is 9.90 Å². The Morgan fingerprint density at radius 3 is 2.43 bits per heavy atom. The second-order valence-corrected chi connectivity index (χ2v) is 6.07. The Kier molecular flexibility index (Phi) is 7.68. The van der Waals surface area contributed by atoms with E-state index in [1.54, 1.807) is 44.6 Å². The smallest absolute Gasteiger partial charge is 0.244 e. The zero-order chi connectivity index (χ0) is 20.5. The third kappa shape index (κ3) is 5.39. The van der Waals surface area contributed by atoms with E-state index in [1.807, 2.05) is 6.07 Å². The van der Waals surface area contributed by atoms with Crippen LogP contribution in [0.15, 0.2) is 41.5 Å². The molecule has 0 bridgehead atoms. The van der Waals surface area contributed by atoms with Gasteiger partial charge in [-0.1, -0.05) is 6.07 Å². The third-order valence-electron chi connectivity index (χ3n) is 4.35. The van der Waals surface area contributed by atoms with E-state index in [0.717, 1.165) is 24.3 Å². The summed E-state index contributed by atoms with van der Waals surface area (Å²) >= 11 is 0. The Labute approximate surface area is 165 Å². The molecule has 28 heavy (non-hydrogen) atoms. The molecule has 0 saturated carbocycles. The van der Waals surface area contributed by atoms with Crippen molar-refractivity contribution in [1.82, 2.24) is 5.43 Å². The summed E-state index contributed by atoms with van der Waals surface area (Å²) in [5.41, 5.74) is 4.72. The number of ether oxygens (including phenoxy) is 2. The molecule has 0 unspecified atom stereocenters. The van der Waals surface area contributed by atoms with Crippen molar-refractivity contribution in [1.29, 1.82) is 0 Å². The minimum absolute atomic E-state index is 0.113. The fourth-order valence-electron chi connectivity index (χ4n) is 2.82. The number of nitrogens with zero attached hydrogens (tertiary/aromatic N) is 2. The quantitative estimate of drug-likeness (QED) is 0.512. The highest BCUT2D eigenvalue weighted by molar-refractivity contribution is 5.86. The SMILES string of the molecule is CCN(CC)c1ccc(/C=N\NC(=O)Cc2ccc(OC)c(OC)c2)c(O)c1. The number of hydrogen-bond acceptors (Lipinski definition) is 6. The largest absolute Gasteiger partial charge is 0.507 e. The van der Waals surface area contributed by atoms with Crippen LogP contribution in [-0.2, 0) is 11.2 Å². The van der Waals surface area contributed by atoms with Crippen LogP contribution < -0.4 is 19.8 Å². The lowest BCUT2D eigenvalue weighted by atomic mass is 10.1. The first-order valence-corrected chi connectivity index (χ1v) is 9.13. The van der Waals surface area contributed by atoms with Gasteiger partial charge in [0.25, 0.3) is 0 Å². The number of carbonyl (C=O) groups excluding carboxylic acids is 1. The molecule has 0 atom stereocenters. The second-order valence-electron chi connectivity index (χ2n) is 6.07. The van der Waals surface area contributed by atoms with Crippen molar-refractivity contribution in [2.75, 3.05) is 32.2 Å². The number of methoxy groups -OCH3 is 2. The maximum absolute atomic E-state index is 12.1. The van der Waals surface area contributed by atoms with Gasteiger partial charge in [-0.2, -0.15) is 5.10 Å². The number of benzene rings is 2. The van der Waals surface area contributed by atoms with E-state index < -0.39 is 0 Å². The van der Waals surface area contributed by atoms with Crippen molar-refractivity contribution >= 4 is 17.8 Å². The molecule has 0 heterocycles. The van der Waals surface area contributed by atoms with Crippen molar-refractivity contribution < 1.29 is 19.4 Å². The van der Waals surface area contributed by atoms with Gasteiger partial charge in [0.15, 0.2) is 11.5 Å². The summed E-state index contributed by atoms with van der Waals surface area (Å²) in [6.07, 6.45) is 1.57. The maximum atomic E-state index is 12.1. The Hall–Kier alpha value is -3.22. The standard InChI is InChI=1S/C21H27N3O4/c1-5-24(6-2)17-9-8-16(18(25)13-17)14-22-23-21(26)12-15-7-10-19(27-3)20(11-15)28-4/h7-11,13-14,25H,5-6,12H2,1-4H3,(H,23,26)/b22-14-. The molecule has 2 N–H and O–H groups in total. The molecule has 0 saturated heterocycles. The number of phenols is 1. The average Bonchev–Trinajstić information content (AvgIpc) is 2.70. The molecule has 0 aliphatic rings. The number of carbonyl (C=O) groups is 1. The normalized spacial score (nSPS) is 10.7. The molecular weight excluding hydrogens is 358 g/mol. The number of nitrogens with one attached hydrogen (secondary N) is 1. The Bertz CT molecular complexity index is 832. The van der Waals surface area contributed by atoms with Crippen LogP contribution in [0.5, 0.6) is 17.2 Å². The van der Waals surface area contributed by atoms with Gasteiger partial charge in [0, 0.05) is 30.4 Å². The fourth-order valence-corrected chi connectivity index (χ4v) is 2.82. The van der Waals surface area contributed by atoms with Crippen molar-refractivity contribution in [2.24, 2.45) is 5.10 Å². The summed E-state index contributed by atoms with van der Waals surface area (Å²) in [5.74, 6) is 1.01. The van der Waals surface area contributed by atoms with Crippen molar-refractivity contribution in [3.8, 4) is 17.2 Å². The van der Waals surface area contributed by atoms with E-state index in [-0.39, 0.29) is 18.1 Å². The zero-order valence-electron chi connectivity index (χ0n) is 16.7. The molecular formula is C21H27N3O4. The van der Waals surface area contributed by atoms with Gasteiger partial charge >= 0.3 is 0 Å². The Morgan fingerprint density at radius 1 is 1.11 bits per heavy atom. The topological polar surface area (TPSA) is 83.4 Å². The van der Waals surface area contributed by atoms with E-state index in [0.29, 0.717) is 17.1 Å². The van der Waals surface area contributed by atoms with Gasteiger partial charge in [-0.25, -0.2) is 5.43 Å². The van der Waals surface area contributed by atoms with E-state index in [1.165, 1.54) is 6.21 Å². The molecule has 2 aromatic carbocycles. The highest BCUT2D eigenvalue weighted by Gasteiger charge is 2.08. The maximum Gasteiger partial charge on any atom is 0.244 e. The summed E-state index contributed by atoms with van der Waals surface area (Å²) in [6.45, 7) is 5.83. The van der Waals surface area contributed by atoms with Crippen LogP contribution in [0.25, 0.3) is 0 Å². The molecule has 0 radical (unpaired) electrons. The lowest BCUT2D eigenvalue weighted by Crippen LogP contribution is -2.21. The van der Waals surface area contributed by atoms with Gasteiger partial charge in [-0.05, 0) is 43.7 Å². The van der Waals surface area contributed by atoms with Gasteiger partial charge in [-0.3, -0.25) is 4.79 Å². The molecule has 7 heteroatoms. The molecule has 0 aromatic heterocycles. The van der Waals surface area contributed by atoms with Gasteiger partial charge in [-0.15, -0.1) is 0 Å². The predicted molar refractivity (Wildman–Crippen MR) is 111 cm³/mol. The molecule has 7 nitrogen and oxygen atoms in total. The lowest BCUT2D eigenvalue weighted by Gasteiger charge is -2.21. The van der Waals surface area contributed by atoms with Crippen LogP contribution in [0, 0.1) is 0 Å². The summed E-state index contributed by atoms with van der Waals surface area (Å²) < 4.78 is 10.4. The summed E-state index contributed by atoms with van der Waals surface area (Å²) in [7, 11) is 3.10. The Balaban J connectivity index is 1.98. The molecule has 1 amide bonds. The van der Waals surface area contributed by atoms with Crippen molar-refractivity contribution in [3.05, 3.63) is 47.5 Å². The highest BCUT2D eigenvalue weighted by atomic mass is 16.5. The summed E-state index contributed by atoms with van der Waals surface area (Å²) in [5, 5.41) is 14.1. The molecule has 150 valence electrons. The van der Waals surface area contributed by atoms with Gasteiger partial charge in [0.2, 0.25) is 5.91 Å². The predicted octanol–water partition coefficient (Wildman–Crippen LogP) is 2.95. The van der Waals surface area contributed by atoms with Crippen LogP contribution in [0.1, 0.15) is 25.0 Å². The Morgan fingerprint density at radius 2 is 1.82 bits per heavy atom. The van der Waals surface area contributed by atoms with E-state index >= 15 is 0 Å². The number of anilines is 1. The van der Waals surface area contributed by atoms with Gasteiger partial charge in [0.1, 0.15) is 5.75 Å². The first-order chi connectivity index (χ1) is 13.5. The van der Waals surface area contributed by atoms with Crippen LogP contribution in [0.2, 0.25) is 0 Å². The van der Waals surface area contributed by atoms with Gasteiger partial charge < -0.3 is 19.5 Å². The molecule has 2 aromatic rings. The number of hydrogen-bond donors (Lipinski definition) is 2. The van der Waals surface area contributed by atoms with Crippen molar-refractivity contribution in [2.45, 2.75) is 20.3 Å². The molecule has 2 rings (SSSR count). The number of amides is 1. The molecule has 0 aliphatic carbocycles. The highest BCUT2D eigenvalue weighted by Crippen LogP contribution is 2.27. The average molecular weight is 385 g/mol. The number of hydrazone groups is 1. The van der Waals surface area contributed by atoms with Crippen LogP contribution in [-0.4, -0.2) is 44.5 Å². The monoisotopic (exact) mass is 385 g/mol. The summed E-state index contributed by atoms with van der Waals surface area (Å²) in [6, 6.07) is 10.7. The zero-order valence-corrected chi connectivity index (χ0v) is 16.7. The van der Waals surface area contributed by atoms with Crippen LogP contribution >= 0.6 is 0 Å². The molecule has 0 aliphatic heterocycles. The first kappa shape index (κ1) is 21.1. The van der Waals surface area contributed by atoms with Crippen molar-refractivity contribution in [3.63, 3.8) is 0 Å². The lowest BCUT2D eigenvalue weighted by molar-refractivity contribution is -0.120. The number of aromatic hydroxyl groups is 1. The molecule has 0 spiro atoms. The molecule has 0 fully saturated rings. The minimum Gasteiger partial charge on any atom is -0.507 e. The van der Waals surface area contributed by atoms with E-state index in [2.05, 4.69) is 29.3 Å². The van der Waals surface area contributed by atoms with E-state index in [4.69, 9.17) is 9.47 Å². The fraction of sp³-hybridized carbons (Fsp3) is 0.333. The third-order valence-corrected chi connectivity index (χ3v) is 4.35. The van der Waals surface area contributed by atoms with Crippen LogP contribution in [0.3, 0.4) is 0 Å². The van der Waals surface area contributed by atoms with Gasteiger partial charge in [0.05, 0.1) is 26.9 Å². The number of rotatable bonds is 9. The summed E-state index contributed by atoms with van der Waals surface area (Å²) in [4.78, 5) is 14.2. The first-order valence-electron chi connectivity index (χ1n) is 9.13. The minimum atomic E-state index is -0.275. The number of phenolic OH excluding ortho intramolecular Hbond substituents is 1. The van der Waals surface area contributed by atoms with Crippen LogP contribution in [0.4, 0.5) is 5.69 Å². The second kappa shape index (κ2) is 10.2.